The van der Waals surface area contributed by atoms with Crippen molar-refractivity contribution >= 4 is 10.0 Å². The molecule has 0 N–H and O–H groups in total. The van der Waals surface area contributed by atoms with Gasteiger partial charge < -0.3 is 9.47 Å². The standard InChI is InChI=1S/C19H24FNO4S/c1-14-5-9-18(10-6-14)26(22,23)21(13-19(24-3)25-4)12-16-7-8-17(20)11-15(16)2/h5-11,19H,12-13H2,1-4H3. The fourth-order valence-corrected chi connectivity index (χ4v) is 3.95. The number of benzene rings is 2. The van der Waals surface area contributed by atoms with Gasteiger partial charge in [-0.05, 0) is 49.2 Å². The minimum atomic E-state index is -3.78. The molecule has 0 heterocycles. The second kappa shape index (κ2) is 8.73. The fraction of sp³-hybridized carbons (Fsp3) is 0.368. The van der Waals surface area contributed by atoms with E-state index < -0.39 is 16.3 Å². The second-order valence-electron chi connectivity index (χ2n) is 6.08. The van der Waals surface area contributed by atoms with E-state index in [0.717, 1.165) is 5.56 Å². The monoisotopic (exact) mass is 381 g/mol. The molecule has 0 spiro atoms. The molecule has 7 heteroatoms. The zero-order chi connectivity index (χ0) is 19.3. The molecule has 0 aliphatic rings. The summed E-state index contributed by atoms with van der Waals surface area (Å²) in [5.74, 6) is -0.356. The molecular formula is C19H24FNO4S. The van der Waals surface area contributed by atoms with Gasteiger partial charge in [0.25, 0.3) is 0 Å². The van der Waals surface area contributed by atoms with Crippen LogP contribution in [0.1, 0.15) is 16.7 Å². The van der Waals surface area contributed by atoms with E-state index in [1.165, 1.54) is 30.7 Å². The largest absolute Gasteiger partial charge is 0.354 e. The van der Waals surface area contributed by atoms with Crippen LogP contribution in [0.15, 0.2) is 47.4 Å². The minimum Gasteiger partial charge on any atom is -0.354 e. The molecular weight excluding hydrogens is 357 g/mol. The first-order valence-electron chi connectivity index (χ1n) is 8.15. The lowest BCUT2D eigenvalue weighted by atomic mass is 10.1. The maximum atomic E-state index is 13.4. The van der Waals surface area contributed by atoms with Crippen molar-refractivity contribution in [3.05, 3.63) is 65.0 Å². The average Bonchev–Trinajstić information content (AvgIpc) is 2.60. The molecule has 0 aromatic heterocycles. The van der Waals surface area contributed by atoms with Crippen LogP contribution in [0.5, 0.6) is 0 Å². The first-order chi connectivity index (χ1) is 12.3. The molecule has 0 fully saturated rings. The molecule has 0 amide bonds. The van der Waals surface area contributed by atoms with E-state index in [2.05, 4.69) is 0 Å². The Bertz CT molecular complexity index is 833. The zero-order valence-corrected chi connectivity index (χ0v) is 16.2. The molecule has 5 nitrogen and oxygen atoms in total. The Morgan fingerprint density at radius 3 is 2.19 bits per heavy atom. The fourth-order valence-electron chi connectivity index (χ4n) is 2.55. The molecule has 2 rings (SSSR count). The van der Waals surface area contributed by atoms with Gasteiger partial charge in [0.15, 0.2) is 6.29 Å². The SMILES string of the molecule is COC(CN(Cc1ccc(F)cc1C)S(=O)(=O)c1ccc(C)cc1)OC. The highest BCUT2D eigenvalue weighted by Gasteiger charge is 2.28. The van der Waals surface area contributed by atoms with Crippen LogP contribution in [0.3, 0.4) is 0 Å². The van der Waals surface area contributed by atoms with Crippen molar-refractivity contribution in [3.8, 4) is 0 Å². The lowest BCUT2D eigenvalue weighted by molar-refractivity contribution is -0.108. The van der Waals surface area contributed by atoms with Crippen LogP contribution < -0.4 is 0 Å². The molecule has 0 radical (unpaired) electrons. The van der Waals surface area contributed by atoms with Crippen LogP contribution in [0.2, 0.25) is 0 Å². The molecule has 0 unspecified atom stereocenters. The quantitative estimate of drug-likeness (QED) is 0.659. The van der Waals surface area contributed by atoms with Crippen molar-refractivity contribution in [2.24, 2.45) is 0 Å². The average molecular weight is 381 g/mol. The van der Waals surface area contributed by atoms with Crippen molar-refractivity contribution in [1.29, 1.82) is 0 Å². The molecule has 0 saturated carbocycles. The number of halogens is 1. The molecule has 142 valence electrons. The third-order valence-corrected chi connectivity index (χ3v) is 6.01. The molecule has 2 aromatic rings. The highest BCUT2D eigenvalue weighted by Crippen LogP contribution is 2.22. The van der Waals surface area contributed by atoms with Crippen molar-refractivity contribution in [2.75, 3.05) is 20.8 Å². The normalized spacial score (nSPS) is 12.1. The first kappa shape index (κ1) is 20.5. The van der Waals surface area contributed by atoms with Crippen molar-refractivity contribution in [1.82, 2.24) is 4.31 Å². The van der Waals surface area contributed by atoms with Crippen molar-refractivity contribution in [2.45, 2.75) is 31.6 Å². The summed E-state index contributed by atoms with van der Waals surface area (Å²) < 4.78 is 51.3. The van der Waals surface area contributed by atoms with Gasteiger partial charge in [-0.2, -0.15) is 4.31 Å². The van der Waals surface area contributed by atoms with Crippen LogP contribution in [0.25, 0.3) is 0 Å². The van der Waals surface area contributed by atoms with Gasteiger partial charge in [0.2, 0.25) is 10.0 Å². The van der Waals surface area contributed by atoms with E-state index in [4.69, 9.17) is 9.47 Å². The Morgan fingerprint density at radius 1 is 1.04 bits per heavy atom. The number of rotatable bonds is 8. The second-order valence-corrected chi connectivity index (χ2v) is 8.02. The maximum Gasteiger partial charge on any atom is 0.243 e. The van der Waals surface area contributed by atoms with E-state index in [1.54, 1.807) is 37.3 Å². The highest BCUT2D eigenvalue weighted by atomic mass is 32.2. The summed E-state index contributed by atoms with van der Waals surface area (Å²) >= 11 is 0. The molecule has 0 atom stereocenters. The number of ether oxygens (including phenoxy) is 2. The van der Waals surface area contributed by atoms with Gasteiger partial charge in [0, 0.05) is 20.8 Å². The lowest BCUT2D eigenvalue weighted by Gasteiger charge is -2.26. The summed E-state index contributed by atoms with van der Waals surface area (Å²) in [7, 11) is -0.874. The molecule has 0 bridgehead atoms. The van der Waals surface area contributed by atoms with Crippen molar-refractivity contribution in [3.63, 3.8) is 0 Å². The van der Waals surface area contributed by atoms with Crippen LogP contribution >= 0.6 is 0 Å². The summed E-state index contributed by atoms with van der Waals surface area (Å²) in [6.07, 6.45) is -0.712. The van der Waals surface area contributed by atoms with Gasteiger partial charge in [-0.3, -0.25) is 0 Å². The number of hydrogen-bond acceptors (Lipinski definition) is 4. The number of nitrogens with zero attached hydrogens (tertiary/aromatic N) is 1. The summed E-state index contributed by atoms with van der Waals surface area (Å²) in [6, 6.07) is 10.9. The number of sulfonamides is 1. The van der Waals surface area contributed by atoms with Gasteiger partial charge in [0.05, 0.1) is 11.4 Å². The Balaban J connectivity index is 2.40. The predicted molar refractivity (Wildman–Crippen MR) is 97.7 cm³/mol. The van der Waals surface area contributed by atoms with E-state index in [0.29, 0.717) is 11.1 Å². The van der Waals surface area contributed by atoms with Crippen molar-refractivity contribution < 1.29 is 22.3 Å². The van der Waals surface area contributed by atoms with E-state index in [9.17, 15) is 12.8 Å². The molecule has 0 saturated heterocycles. The smallest absolute Gasteiger partial charge is 0.243 e. The summed E-state index contributed by atoms with van der Waals surface area (Å²) in [5, 5.41) is 0. The van der Waals surface area contributed by atoms with Gasteiger partial charge >= 0.3 is 0 Å². The lowest BCUT2D eigenvalue weighted by Crippen LogP contribution is -2.38. The Hall–Kier alpha value is -1.80. The van der Waals surface area contributed by atoms with Crippen LogP contribution in [0.4, 0.5) is 4.39 Å². The summed E-state index contributed by atoms with van der Waals surface area (Å²) in [6.45, 7) is 3.74. The van der Waals surface area contributed by atoms with Crippen LogP contribution in [-0.2, 0) is 26.0 Å². The molecule has 26 heavy (non-hydrogen) atoms. The van der Waals surface area contributed by atoms with Crippen LogP contribution in [-0.4, -0.2) is 39.8 Å². The third kappa shape index (κ3) is 4.88. The molecule has 0 aliphatic carbocycles. The summed E-state index contributed by atoms with van der Waals surface area (Å²) in [5.41, 5.74) is 2.37. The van der Waals surface area contributed by atoms with Gasteiger partial charge in [-0.25, -0.2) is 12.8 Å². The van der Waals surface area contributed by atoms with Gasteiger partial charge in [-0.15, -0.1) is 0 Å². The van der Waals surface area contributed by atoms with E-state index >= 15 is 0 Å². The number of aryl methyl sites for hydroxylation is 2. The zero-order valence-electron chi connectivity index (χ0n) is 15.4. The van der Waals surface area contributed by atoms with Crippen LogP contribution in [0, 0.1) is 19.7 Å². The third-order valence-electron chi connectivity index (χ3n) is 4.19. The Labute approximate surface area is 154 Å². The van der Waals surface area contributed by atoms with Gasteiger partial charge in [-0.1, -0.05) is 23.8 Å². The Kier molecular flexibility index (Phi) is 6.88. The first-order valence-corrected chi connectivity index (χ1v) is 9.59. The van der Waals surface area contributed by atoms with E-state index in [-0.39, 0.29) is 23.8 Å². The predicted octanol–water partition coefficient (Wildman–Crippen LogP) is 3.25. The summed E-state index contributed by atoms with van der Waals surface area (Å²) in [4.78, 5) is 0.189. The van der Waals surface area contributed by atoms with Gasteiger partial charge in [0.1, 0.15) is 5.82 Å². The number of methoxy groups -OCH3 is 2. The number of hydrogen-bond donors (Lipinski definition) is 0. The molecule has 0 aliphatic heterocycles. The Morgan fingerprint density at radius 2 is 1.65 bits per heavy atom. The molecule has 2 aromatic carbocycles. The maximum absolute atomic E-state index is 13.4. The minimum absolute atomic E-state index is 0.0139. The topological polar surface area (TPSA) is 55.8 Å². The highest BCUT2D eigenvalue weighted by molar-refractivity contribution is 7.89. The van der Waals surface area contributed by atoms with E-state index in [1.807, 2.05) is 6.92 Å².